The molecule has 9 nitrogen and oxygen atoms in total. The molecule has 0 aliphatic carbocycles. The predicted octanol–water partition coefficient (Wildman–Crippen LogP) is 0.188. The molecule has 0 saturated heterocycles. The Morgan fingerprint density at radius 2 is 1.20 bits per heavy atom. The van der Waals surface area contributed by atoms with Crippen LogP contribution in [0.4, 0.5) is 0 Å². The van der Waals surface area contributed by atoms with Crippen LogP contribution >= 0.6 is 0 Å². The van der Waals surface area contributed by atoms with Crippen molar-refractivity contribution in [3.8, 4) is 0 Å². The van der Waals surface area contributed by atoms with Crippen LogP contribution in [0.2, 0.25) is 0 Å². The Kier molecular flexibility index (Phi) is 12.4. The van der Waals surface area contributed by atoms with Gasteiger partial charge in [-0.15, -0.1) is 0 Å². The van der Waals surface area contributed by atoms with E-state index in [1.165, 1.54) is 49.4 Å². The molecular weight excluding hydrogens is 336 g/mol. The Labute approximate surface area is 148 Å². The Morgan fingerprint density at radius 3 is 1.56 bits per heavy atom. The molecule has 0 spiro atoms. The number of methoxy groups -OCH3 is 5. The minimum Gasteiger partial charge on any atom is -0.463 e. The van der Waals surface area contributed by atoms with Crippen molar-refractivity contribution in [1.82, 2.24) is 0 Å². The smallest absolute Gasteiger partial charge is 0.303 e. The molecule has 0 aromatic carbocycles. The minimum atomic E-state index is -0.827. The first-order valence-corrected chi connectivity index (χ1v) is 7.76. The van der Waals surface area contributed by atoms with Gasteiger partial charge in [0, 0.05) is 49.4 Å². The molecule has 0 rings (SSSR count). The van der Waals surface area contributed by atoms with Crippen molar-refractivity contribution < 1.29 is 42.7 Å². The number of hydrogen-bond donors (Lipinski definition) is 0. The van der Waals surface area contributed by atoms with E-state index in [-0.39, 0.29) is 13.2 Å². The van der Waals surface area contributed by atoms with Crippen LogP contribution in [0.5, 0.6) is 0 Å². The highest BCUT2D eigenvalue weighted by Crippen LogP contribution is 2.21. The number of ether oxygens (including phenoxy) is 7. The topological polar surface area (TPSA) is 98.8 Å². The van der Waals surface area contributed by atoms with Gasteiger partial charge in [0.25, 0.3) is 0 Å². The highest BCUT2D eigenvalue weighted by Gasteiger charge is 2.42. The van der Waals surface area contributed by atoms with Crippen molar-refractivity contribution in [2.45, 2.75) is 44.4 Å². The Balaban J connectivity index is 5.53. The average Bonchev–Trinajstić information content (AvgIpc) is 2.57. The fourth-order valence-corrected chi connectivity index (χ4v) is 2.46. The van der Waals surface area contributed by atoms with E-state index in [2.05, 4.69) is 0 Å². The normalized spacial score (nSPS) is 17.2. The second kappa shape index (κ2) is 13.0. The van der Waals surface area contributed by atoms with Gasteiger partial charge in [0.15, 0.2) is 6.10 Å². The van der Waals surface area contributed by atoms with Crippen LogP contribution in [0, 0.1) is 0 Å². The van der Waals surface area contributed by atoms with Crippen molar-refractivity contribution in [2.24, 2.45) is 0 Å². The lowest BCUT2D eigenvalue weighted by Crippen LogP contribution is -2.55. The third-order valence-corrected chi connectivity index (χ3v) is 3.61. The van der Waals surface area contributed by atoms with Crippen LogP contribution in [0.3, 0.4) is 0 Å². The molecule has 0 aromatic rings. The maximum Gasteiger partial charge on any atom is 0.303 e. The van der Waals surface area contributed by atoms with Crippen LogP contribution in [0.1, 0.15) is 13.8 Å². The van der Waals surface area contributed by atoms with Crippen molar-refractivity contribution >= 4 is 11.9 Å². The highest BCUT2D eigenvalue weighted by molar-refractivity contribution is 5.66. The summed E-state index contributed by atoms with van der Waals surface area (Å²) in [4.78, 5) is 22.6. The van der Waals surface area contributed by atoms with Gasteiger partial charge in [-0.25, -0.2) is 0 Å². The summed E-state index contributed by atoms with van der Waals surface area (Å²) < 4.78 is 37.3. The largest absolute Gasteiger partial charge is 0.463 e. The van der Waals surface area contributed by atoms with E-state index in [9.17, 15) is 9.59 Å². The van der Waals surface area contributed by atoms with E-state index < -0.39 is 42.5 Å². The monoisotopic (exact) mass is 366 g/mol. The predicted molar refractivity (Wildman–Crippen MR) is 87.3 cm³/mol. The maximum absolute atomic E-state index is 11.5. The van der Waals surface area contributed by atoms with Gasteiger partial charge in [-0.1, -0.05) is 0 Å². The minimum absolute atomic E-state index is 0.0427. The summed E-state index contributed by atoms with van der Waals surface area (Å²) in [6.07, 6.45) is -3.52. The first-order chi connectivity index (χ1) is 11.9. The van der Waals surface area contributed by atoms with Gasteiger partial charge in [-0.05, 0) is 0 Å². The molecule has 0 fully saturated rings. The van der Waals surface area contributed by atoms with Crippen LogP contribution in [0.15, 0.2) is 0 Å². The van der Waals surface area contributed by atoms with Crippen molar-refractivity contribution in [2.75, 3.05) is 48.8 Å². The zero-order valence-electron chi connectivity index (χ0n) is 16.0. The standard InChI is InChI=1S/C16H30O9/c1-10(17)24-9-13(21-5)14(22-6)16(23-7)15(25-11(2)18)12(20-4)8-19-3/h12-16H,8-9H2,1-7H3. The summed E-state index contributed by atoms with van der Waals surface area (Å²) in [5, 5.41) is 0. The van der Waals surface area contributed by atoms with Crippen LogP contribution in [-0.4, -0.2) is 91.2 Å². The zero-order chi connectivity index (χ0) is 19.4. The molecule has 0 saturated carbocycles. The van der Waals surface area contributed by atoms with Gasteiger partial charge in [0.2, 0.25) is 0 Å². The first kappa shape index (κ1) is 23.7. The number of carbonyl (C=O) groups excluding carboxylic acids is 2. The van der Waals surface area contributed by atoms with E-state index >= 15 is 0 Å². The molecule has 0 amide bonds. The molecular formula is C16H30O9. The van der Waals surface area contributed by atoms with E-state index in [1.807, 2.05) is 0 Å². The molecule has 0 heterocycles. The number of esters is 2. The first-order valence-electron chi connectivity index (χ1n) is 7.76. The van der Waals surface area contributed by atoms with Crippen LogP contribution < -0.4 is 0 Å². The van der Waals surface area contributed by atoms with E-state index in [4.69, 9.17) is 33.2 Å². The molecule has 0 bridgehead atoms. The van der Waals surface area contributed by atoms with E-state index in [0.717, 1.165) is 0 Å². The second-order valence-electron chi connectivity index (χ2n) is 5.28. The Morgan fingerprint density at radius 1 is 0.680 bits per heavy atom. The summed E-state index contributed by atoms with van der Waals surface area (Å²) in [5.74, 6) is -0.953. The van der Waals surface area contributed by atoms with Crippen molar-refractivity contribution in [3.05, 3.63) is 0 Å². The molecule has 25 heavy (non-hydrogen) atoms. The fraction of sp³-hybridized carbons (Fsp3) is 0.875. The summed E-state index contributed by atoms with van der Waals surface area (Å²) in [6.45, 7) is 2.71. The van der Waals surface area contributed by atoms with Gasteiger partial charge in [-0.3, -0.25) is 9.59 Å². The summed E-state index contributed by atoms with van der Waals surface area (Å²) in [7, 11) is 7.34. The number of rotatable bonds is 13. The fourth-order valence-electron chi connectivity index (χ4n) is 2.46. The number of hydrogen-bond acceptors (Lipinski definition) is 9. The third kappa shape index (κ3) is 8.10. The SMILES string of the molecule is COCC(OC)C(OC(C)=O)C(OC)C(OC)C(COC(C)=O)OC. The zero-order valence-corrected chi connectivity index (χ0v) is 16.0. The molecule has 5 unspecified atom stereocenters. The second-order valence-corrected chi connectivity index (χ2v) is 5.28. The number of carbonyl (C=O) groups is 2. The van der Waals surface area contributed by atoms with Gasteiger partial charge in [0.05, 0.1) is 6.61 Å². The molecule has 0 N–H and O–H groups in total. The molecule has 0 aliphatic rings. The van der Waals surface area contributed by atoms with Gasteiger partial charge in [-0.2, -0.15) is 0 Å². The maximum atomic E-state index is 11.5. The molecule has 5 atom stereocenters. The molecule has 9 heteroatoms. The van der Waals surface area contributed by atoms with Crippen molar-refractivity contribution in [3.63, 3.8) is 0 Å². The Hall–Kier alpha value is -1.26. The molecule has 0 aromatic heterocycles. The highest BCUT2D eigenvalue weighted by atomic mass is 16.6. The lowest BCUT2D eigenvalue weighted by atomic mass is 9.98. The summed E-state index contributed by atoms with van der Waals surface area (Å²) in [6, 6.07) is 0. The average molecular weight is 366 g/mol. The van der Waals surface area contributed by atoms with Crippen LogP contribution in [0.25, 0.3) is 0 Å². The van der Waals surface area contributed by atoms with E-state index in [0.29, 0.717) is 0 Å². The molecule has 0 radical (unpaired) electrons. The lowest BCUT2D eigenvalue weighted by molar-refractivity contribution is -0.199. The molecule has 0 aliphatic heterocycles. The molecule has 148 valence electrons. The third-order valence-electron chi connectivity index (χ3n) is 3.61. The van der Waals surface area contributed by atoms with E-state index in [1.54, 1.807) is 0 Å². The van der Waals surface area contributed by atoms with Gasteiger partial charge >= 0.3 is 11.9 Å². The summed E-state index contributed by atoms with van der Waals surface area (Å²) >= 11 is 0. The lowest BCUT2D eigenvalue weighted by Gasteiger charge is -2.37. The van der Waals surface area contributed by atoms with Crippen molar-refractivity contribution in [1.29, 1.82) is 0 Å². The van der Waals surface area contributed by atoms with Crippen LogP contribution in [-0.2, 0) is 42.7 Å². The van der Waals surface area contributed by atoms with Gasteiger partial charge < -0.3 is 33.2 Å². The quantitative estimate of drug-likeness (QED) is 0.423. The summed E-state index contributed by atoms with van der Waals surface area (Å²) in [5.41, 5.74) is 0. The Bertz CT molecular complexity index is 388. The van der Waals surface area contributed by atoms with Gasteiger partial charge in [0.1, 0.15) is 31.0 Å².